The summed E-state index contributed by atoms with van der Waals surface area (Å²) in [6, 6.07) is 0. The Bertz CT molecular complexity index is 784. The molecule has 8 heteroatoms. The van der Waals surface area contributed by atoms with Crippen molar-refractivity contribution in [2.75, 3.05) is 13.1 Å². The van der Waals surface area contributed by atoms with Crippen LogP contribution in [0.3, 0.4) is 0 Å². The van der Waals surface area contributed by atoms with Gasteiger partial charge in [-0.1, -0.05) is 6.92 Å². The summed E-state index contributed by atoms with van der Waals surface area (Å²) in [5.74, 6) is 1.33. The van der Waals surface area contributed by atoms with Crippen LogP contribution in [0.5, 0.6) is 0 Å². The molecule has 2 rings (SSSR count). The van der Waals surface area contributed by atoms with E-state index in [-0.39, 0.29) is 22.6 Å². The molecule has 0 radical (unpaired) electrons. The third-order valence-corrected chi connectivity index (χ3v) is 6.21. The van der Waals surface area contributed by atoms with E-state index in [4.69, 9.17) is 5.73 Å². The molecule has 2 aromatic heterocycles. The Hall–Kier alpha value is -1.38. The minimum Gasteiger partial charge on any atom is -0.355 e. The third-order valence-electron chi connectivity index (χ3n) is 3.95. The molecule has 6 nitrogen and oxygen atoms in total. The monoisotopic (exact) mass is 368 g/mol. The second-order valence-electron chi connectivity index (χ2n) is 6.02. The lowest BCUT2D eigenvalue weighted by atomic mass is 10.2. The summed E-state index contributed by atoms with van der Waals surface area (Å²) < 4.78 is 0. The number of hydrogen-bond donors (Lipinski definition) is 3. The van der Waals surface area contributed by atoms with Crippen LogP contribution in [0, 0.1) is 19.8 Å². The second-order valence-corrected chi connectivity index (χ2v) is 8.55. The summed E-state index contributed by atoms with van der Waals surface area (Å²) in [7, 11) is 0. The number of thiophene rings is 1. The zero-order valence-electron chi connectivity index (χ0n) is 14.4. The second kappa shape index (κ2) is 8.13. The highest BCUT2D eigenvalue weighted by atomic mass is 32.2. The number of carbonyl (C=O) groups excluding carboxylic acids is 1. The predicted molar refractivity (Wildman–Crippen MR) is 102 cm³/mol. The largest absolute Gasteiger partial charge is 0.355 e. The van der Waals surface area contributed by atoms with Gasteiger partial charge in [0.25, 0.3) is 5.56 Å². The van der Waals surface area contributed by atoms with Crippen molar-refractivity contribution in [1.29, 1.82) is 0 Å². The molecule has 1 amide bonds. The Morgan fingerprint density at radius 1 is 1.42 bits per heavy atom. The van der Waals surface area contributed by atoms with Crippen molar-refractivity contribution in [3.8, 4) is 0 Å². The Kier molecular flexibility index (Phi) is 6.42. The molecule has 0 saturated carbocycles. The van der Waals surface area contributed by atoms with Gasteiger partial charge in [0.05, 0.1) is 16.4 Å². The van der Waals surface area contributed by atoms with Crippen LogP contribution < -0.4 is 16.6 Å². The van der Waals surface area contributed by atoms with Gasteiger partial charge in [-0.05, 0) is 38.8 Å². The molecule has 2 aromatic rings. The SMILES string of the molecule is Cc1sc2nc(CSC(C)C(=O)NCC(C)CN)[nH]c(=O)c2c1C. The fourth-order valence-electron chi connectivity index (χ4n) is 2.15. The number of carbonyl (C=O) groups is 1. The van der Waals surface area contributed by atoms with Gasteiger partial charge < -0.3 is 16.0 Å². The minimum atomic E-state index is -0.220. The van der Waals surface area contributed by atoms with Crippen LogP contribution >= 0.6 is 23.1 Å². The number of fused-ring (bicyclic) bond motifs is 1. The van der Waals surface area contributed by atoms with Gasteiger partial charge in [-0.3, -0.25) is 9.59 Å². The number of H-pyrrole nitrogens is 1. The molecule has 0 saturated heterocycles. The standard InChI is InChI=1S/C16H24N4O2S2/c1-8(5-17)6-18-14(21)11(4)23-7-12-19-15(22)13-9(2)10(3)24-16(13)20-12/h8,11H,5-7,17H2,1-4H3,(H,18,21)(H,19,20,22). The van der Waals surface area contributed by atoms with Crippen molar-refractivity contribution in [2.45, 2.75) is 38.7 Å². The average molecular weight is 369 g/mol. The van der Waals surface area contributed by atoms with Gasteiger partial charge in [-0.25, -0.2) is 4.98 Å². The van der Waals surface area contributed by atoms with E-state index in [9.17, 15) is 9.59 Å². The summed E-state index contributed by atoms with van der Waals surface area (Å²) in [5.41, 5.74) is 6.43. The zero-order chi connectivity index (χ0) is 17.9. The fraction of sp³-hybridized carbons (Fsp3) is 0.562. The van der Waals surface area contributed by atoms with E-state index in [1.54, 1.807) is 0 Å². The first-order valence-electron chi connectivity index (χ1n) is 7.91. The lowest BCUT2D eigenvalue weighted by Gasteiger charge is -2.14. The number of aromatic nitrogens is 2. The van der Waals surface area contributed by atoms with Crippen LogP contribution in [0.2, 0.25) is 0 Å². The van der Waals surface area contributed by atoms with Crippen molar-refractivity contribution in [1.82, 2.24) is 15.3 Å². The van der Waals surface area contributed by atoms with Crippen molar-refractivity contribution in [3.05, 3.63) is 26.6 Å². The van der Waals surface area contributed by atoms with E-state index in [0.717, 1.165) is 15.3 Å². The molecule has 0 aliphatic carbocycles. The first kappa shape index (κ1) is 19.0. The Morgan fingerprint density at radius 2 is 2.12 bits per heavy atom. The Morgan fingerprint density at radius 3 is 2.79 bits per heavy atom. The molecular weight excluding hydrogens is 344 g/mol. The highest BCUT2D eigenvalue weighted by Crippen LogP contribution is 2.26. The molecule has 2 unspecified atom stereocenters. The Balaban J connectivity index is 2.00. The molecule has 2 heterocycles. The zero-order valence-corrected chi connectivity index (χ0v) is 16.1. The number of nitrogens with two attached hydrogens (primary N) is 1. The predicted octanol–water partition coefficient (Wildman–Crippen LogP) is 1.93. The molecule has 0 aromatic carbocycles. The van der Waals surface area contributed by atoms with Crippen LogP contribution in [0.15, 0.2) is 4.79 Å². The van der Waals surface area contributed by atoms with Gasteiger partial charge in [0, 0.05) is 11.4 Å². The molecule has 0 aliphatic rings. The van der Waals surface area contributed by atoms with Gasteiger partial charge in [-0.15, -0.1) is 23.1 Å². The van der Waals surface area contributed by atoms with Gasteiger partial charge in [0.15, 0.2) is 0 Å². The summed E-state index contributed by atoms with van der Waals surface area (Å²) in [6.45, 7) is 8.90. The number of rotatable bonds is 7. The van der Waals surface area contributed by atoms with Gasteiger partial charge in [-0.2, -0.15) is 0 Å². The minimum absolute atomic E-state index is 0.0217. The van der Waals surface area contributed by atoms with Crippen LogP contribution in [0.25, 0.3) is 10.2 Å². The van der Waals surface area contributed by atoms with Crippen molar-refractivity contribution in [2.24, 2.45) is 11.7 Å². The van der Waals surface area contributed by atoms with E-state index < -0.39 is 0 Å². The molecule has 0 spiro atoms. The third kappa shape index (κ3) is 4.37. The smallest absolute Gasteiger partial charge is 0.259 e. The van der Waals surface area contributed by atoms with Gasteiger partial charge in [0.2, 0.25) is 5.91 Å². The number of hydrogen-bond acceptors (Lipinski definition) is 6. The first-order chi connectivity index (χ1) is 11.3. The van der Waals surface area contributed by atoms with Crippen molar-refractivity contribution in [3.63, 3.8) is 0 Å². The summed E-state index contributed by atoms with van der Waals surface area (Å²) in [6.07, 6.45) is 0. The molecule has 0 bridgehead atoms. The maximum absolute atomic E-state index is 12.2. The molecule has 2 atom stereocenters. The van der Waals surface area contributed by atoms with E-state index in [2.05, 4.69) is 15.3 Å². The maximum Gasteiger partial charge on any atom is 0.259 e. The lowest BCUT2D eigenvalue weighted by Crippen LogP contribution is -2.36. The van der Waals surface area contributed by atoms with E-state index >= 15 is 0 Å². The molecule has 0 fully saturated rings. The summed E-state index contributed by atoms with van der Waals surface area (Å²) in [5, 5.41) is 3.35. The molecule has 132 valence electrons. The highest BCUT2D eigenvalue weighted by Gasteiger charge is 2.16. The van der Waals surface area contributed by atoms with E-state index in [0.29, 0.717) is 30.1 Å². The van der Waals surface area contributed by atoms with E-state index in [1.165, 1.54) is 23.1 Å². The van der Waals surface area contributed by atoms with Crippen molar-refractivity contribution < 1.29 is 4.79 Å². The topological polar surface area (TPSA) is 101 Å². The van der Waals surface area contributed by atoms with Crippen LogP contribution in [-0.2, 0) is 10.5 Å². The van der Waals surface area contributed by atoms with Gasteiger partial charge in [0.1, 0.15) is 10.7 Å². The summed E-state index contributed by atoms with van der Waals surface area (Å²) >= 11 is 2.98. The highest BCUT2D eigenvalue weighted by molar-refractivity contribution is 7.99. The molecule has 0 aliphatic heterocycles. The van der Waals surface area contributed by atoms with Crippen LogP contribution in [0.1, 0.15) is 30.1 Å². The number of aromatic amines is 1. The number of nitrogens with one attached hydrogen (secondary N) is 2. The number of nitrogens with zero attached hydrogens (tertiary/aromatic N) is 1. The van der Waals surface area contributed by atoms with Gasteiger partial charge >= 0.3 is 0 Å². The van der Waals surface area contributed by atoms with E-state index in [1.807, 2.05) is 27.7 Å². The summed E-state index contributed by atoms with van der Waals surface area (Å²) in [4.78, 5) is 33.5. The molecule has 4 N–H and O–H groups in total. The number of amides is 1. The van der Waals surface area contributed by atoms with Crippen molar-refractivity contribution >= 4 is 39.2 Å². The number of aryl methyl sites for hydroxylation is 2. The molecule has 24 heavy (non-hydrogen) atoms. The Labute approximate surface area is 149 Å². The number of thioether (sulfide) groups is 1. The lowest BCUT2D eigenvalue weighted by molar-refractivity contribution is -0.120. The first-order valence-corrected chi connectivity index (χ1v) is 9.78. The average Bonchev–Trinajstić information content (AvgIpc) is 2.84. The van der Waals surface area contributed by atoms with Crippen LogP contribution in [-0.4, -0.2) is 34.2 Å². The molecular formula is C16H24N4O2S2. The normalized spacial score (nSPS) is 13.9. The van der Waals surface area contributed by atoms with Crippen LogP contribution in [0.4, 0.5) is 0 Å². The quantitative estimate of drug-likeness (QED) is 0.693. The fourth-order valence-corrected chi connectivity index (χ4v) is 3.98. The maximum atomic E-state index is 12.2.